The first-order chi connectivity index (χ1) is 16.0. The fourth-order valence-electron chi connectivity index (χ4n) is 4.41. The highest BCUT2D eigenvalue weighted by atomic mass is 16.5. The van der Waals surface area contributed by atoms with Crippen LogP contribution in [0.2, 0.25) is 0 Å². The second-order valence-corrected chi connectivity index (χ2v) is 9.40. The molecular weight excluding hydrogens is 408 g/mol. The quantitative estimate of drug-likeness (QED) is 0.540. The molecule has 3 aromatic carbocycles. The van der Waals surface area contributed by atoms with E-state index in [1.54, 1.807) is 0 Å². The highest BCUT2D eigenvalue weighted by Gasteiger charge is 2.27. The smallest absolute Gasteiger partial charge is 0.227 e. The third kappa shape index (κ3) is 5.95. The Kier molecular flexibility index (Phi) is 7.33. The molecule has 1 atom stereocenters. The third-order valence-corrected chi connectivity index (χ3v) is 6.21. The molecule has 1 aliphatic heterocycles. The van der Waals surface area contributed by atoms with Crippen molar-refractivity contribution in [1.29, 1.82) is 0 Å². The molecule has 0 aromatic heterocycles. The van der Waals surface area contributed by atoms with E-state index < -0.39 is 0 Å². The van der Waals surface area contributed by atoms with Crippen molar-refractivity contribution < 1.29 is 9.53 Å². The lowest BCUT2D eigenvalue weighted by Gasteiger charge is -2.33. The molecule has 33 heavy (non-hydrogen) atoms. The summed E-state index contributed by atoms with van der Waals surface area (Å²) in [5.74, 6) is 1.46. The number of hydrogen-bond acceptors (Lipinski definition) is 3. The standard InChI is InChI=1S/C29H34N2O2/c1-21(2)16-26-20-33-28-11-7-5-8-24(28)18-30-27-10-6-4-9-25(27)19-31(26)29(32)17-23-14-12-22(3)13-15-23/h4-15,21,26,30H,16-20H2,1-3H3/t26-/m0/s1. The van der Waals surface area contributed by atoms with E-state index in [0.29, 0.717) is 32.0 Å². The lowest BCUT2D eigenvalue weighted by atomic mass is 10.0. The number of carbonyl (C=O) groups excluding carboxylic acids is 1. The summed E-state index contributed by atoms with van der Waals surface area (Å²) in [5.41, 5.74) is 5.55. The Bertz CT molecular complexity index is 1070. The summed E-state index contributed by atoms with van der Waals surface area (Å²) in [4.78, 5) is 15.7. The minimum atomic E-state index is -0.0119. The average molecular weight is 443 g/mol. The normalized spacial score (nSPS) is 16.1. The summed E-state index contributed by atoms with van der Waals surface area (Å²) < 4.78 is 6.34. The first-order valence-corrected chi connectivity index (χ1v) is 11.9. The number of rotatable bonds is 4. The number of nitrogens with zero attached hydrogens (tertiary/aromatic N) is 1. The molecule has 172 valence electrons. The van der Waals surface area contributed by atoms with Crippen molar-refractivity contribution in [1.82, 2.24) is 4.90 Å². The van der Waals surface area contributed by atoms with Gasteiger partial charge in [0, 0.05) is 24.3 Å². The third-order valence-electron chi connectivity index (χ3n) is 6.21. The Hall–Kier alpha value is -3.27. The van der Waals surface area contributed by atoms with Gasteiger partial charge in [0.15, 0.2) is 0 Å². The van der Waals surface area contributed by atoms with Gasteiger partial charge in [-0.3, -0.25) is 4.79 Å². The summed E-state index contributed by atoms with van der Waals surface area (Å²) in [5, 5.41) is 3.57. The van der Waals surface area contributed by atoms with Crippen LogP contribution in [0.4, 0.5) is 5.69 Å². The van der Waals surface area contributed by atoms with Gasteiger partial charge in [-0.25, -0.2) is 0 Å². The van der Waals surface area contributed by atoms with E-state index >= 15 is 0 Å². The van der Waals surface area contributed by atoms with Crippen molar-refractivity contribution in [3.05, 3.63) is 95.1 Å². The number of ether oxygens (including phenoxy) is 1. The van der Waals surface area contributed by atoms with Crippen LogP contribution < -0.4 is 10.1 Å². The molecule has 3 aromatic rings. The number of carbonyl (C=O) groups is 1. The molecule has 0 bridgehead atoms. The molecular formula is C29H34N2O2. The maximum absolute atomic E-state index is 13.7. The number of amides is 1. The Morgan fingerprint density at radius 2 is 1.70 bits per heavy atom. The number of fused-ring (bicyclic) bond motifs is 2. The van der Waals surface area contributed by atoms with Crippen LogP contribution in [-0.2, 0) is 24.3 Å². The summed E-state index contributed by atoms with van der Waals surface area (Å²) in [6, 6.07) is 24.7. The summed E-state index contributed by atoms with van der Waals surface area (Å²) in [7, 11) is 0. The molecule has 0 saturated heterocycles. The summed E-state index contributed by atoms with van der Waals surface area (Å²) in [6.07, 6.45) is 1.28. The van der Waals surface area contributed by atoms with Gasteiger partial charge < -0.3 is 15.0 Å². The summed E-state index contributed by atoms with van der Waals surface area (Å²) in [6.45, 7) is 8.20. The Morgan fingerprint density at radius 1 is 1.00 bits per heavy atom. The van der Waals surface area contributed by atoms with Gasteiger partial charge >= 0.3 is 0 Å². The zero-order chi connectivity index (χ0) is 23.2. The molecule has 1 amide bonds. The van der Waals surface area contributed by atoms with Crippen LogP contribution >= 0.6 is 0 Å². The molecule has 4 heteroatoms. The molecule has 4 nitrogen and oxygen atoms in total. The van der Waals surface area contributed by atoms with E-state index in [-0.39, 0.29) is 11.9 Å². The number of anilines is 1. The second kappa shape index (κ2) is 10.6. The topological polar surface area (TPSA) is 41.6 Å². The fourth-order valence-corrected chi connectivity index (χ4v) is 4.41. The molecule has 4 rings (SSSR count). The lowest BCUT2D eigenvalue weighted by molar-refractivity contribution is -0.134. The van der Waals surface area contributed by atoms with E-state index in [1.807, 2.05) is 35.2 Å². The number of para-hydroxylation sites is 2. The Morgan fingerprint density at radius 3 is 2.45 bits per heavy atom. The zero-order valence-electron chi connectivity index (χ0n) is 19.9. The molecule has 0 aliphatic carbocycles. The van der Waals surface area contributed by atoms with Gasteiger partial charge in [0.2, 0.25) is 5.91 Å². The van der Waals surface area contributed by atoms with Crippen molar-refractivity contribution in [2.45, 2.75) is 52.7 Å². The van der Waals surface area contributed by atoms with E-state index in [9.17, 15) is 4.79 Å². The van der Waals surface area contributed by atoms with Crippen LogP contribution in [0, 0.1) is 12.8 Å². The van der Waals surface area contributed by atoms with Gasteiger partial charge in [-0.05, 0) is 42.5 Å². The Balaban J connectivity index is 1.70. The predicted molar refractivity (Wildman–Crippen MR) is 134 cm³/mol. The minimum Gasteiger partial charge on any atom is -0.491 e. The molecule has 0 radical (unpaired) electrons. The second-order valence-electron chi connectivity index (χ2n) is 9.40. The molecule has 1 aliphatic rings. The van der Waals surface area contributed by atoms with Crippen LogP contribution in [0.25, 0.3) is 0 Å². The van der Waals surface area contributed by atoms with Gasteiger partial charge in [-0.2, -0.15) is 0 Å². The fraction of sp³-hybridized carbons (Fsp3) is 0.345. The Labute approximate surface area is 197 Å². The molecule has 1 N–H and O–H groups in total. The van der Waals surface area contributed by atoms with Crippen LogP contribution in [0.3, 0.4) is 0 Å². The average Bonchev–Trinajstić information content (AvgIpc) is 2.83. The van der Waals surface area contributed by atoms with Gasteiger partial charge in [0.05, 0.1) is 12.5 Å². The van der Waals surface area contributed by atoms with E-state index in [2.05, 4.69) is 68.6 Å². The molecule has 0 saturated carbocycles. The highest BCUT2D eigenvalue weighted by Crippen LogP contribution is 2.27. The molecule has 0 spiro atoms. The lowest BCUT2D eigenvalue weighted by Crippen LogP contribution is -2.44. The number of aryl methyl sites for hydroxylation is 1. The van der Waals surface area contributed by atoms with Crippen LogP contribution in [-0.4, -0.2) is 23.5 Å². The van der Waals surface area contributed by atoms with Crippen molar-refractivity contribution in [2.75, 3.05) is 11.9 Å². The van der Waals surface area contributed by atoms with Crippen molar-refractivity contribution in [3.63, 3.8) is 0 Å². The summed E-state index contributed by atoms with van der Waals surface area (Å²) >= 11 is 0. The SMILES string of the molecule is Cc1ccc(CC(=O)N2Cc3ccccc3NCc3ccccc3OC[C@@H]2CC(C)C)cc1. The molecule has 0 fully saturated rings. The van der Waals surface area contributed by atoms with Gasteiger partial charge in [0.25, 0.3) is 0 Å². The van der Waals surface area contributed by atoms with E-state index in [1.165, 1.54) is 5.56 Å². The van der Waals surface area contributed by atoms with Crippen LogP contribution in [0.1, 0.15) is 42.5 Å². The molecule has 1 heterocycles. The minimum absolute atomic E-state index is 0.0119. The van der Waals surface area contributed by atoms with Crippen LogP contribution in [0.5, 0.6) is 5.75 Å². The first-order valence-electron chi connectivity index (χ1n) is 11.9. The van der Waals surface area contributed by atoms with Crippen molar-refractivity contribution in [3.8, 4) is 5.75 Å². The number of benzene rings is 3. The van der Waals surface area contributed by atoms with Crippen LogP contribution in [0.15, 0.2) is 72.8 Å². The van der Waals surface area contributed by atoms with Gasteiger partial charge in [-0.1, -0.05) is 80.1 Å². The van der Waals surface area contributed by atoms with E-state index in [4.69, 9.17) is 4.74 Å². The van der Waals surface area contributed by atoms with Gasteiger partial charge in [0.1, 0.15) is 12.4 Å². The number of nitrogens with one attached hydrogen (secondary N) is 1. The molecule has 0 unspecified atom stereocenters. The van der Waals surface area contributed by atoms with Crippen molar-refractivity contribution in [2.24, 2.45) is 5.92 Å². The predicted octanol–water partition coefficient (Wildman–Crippen LogP) is 5.99. The maximum Gasteiger partial charge on any atom is 0.227 e. The highest BCUT2D eigenvalue weighted by molar-refractivity contribution is 5.79. The van der Waals surface area contributed by atoms with E-state index in [0.717, 1.165) is 34.5 Å². The monoisotopic (exact) mass is 442 g/mol. The maximum atomic E-state index is 13.7. The van der Waals surface area contributed by atoms with Gasteiger partial charge in [-0.15, -0.1) is 0 Å². The largest absolute Gasteiger partial charge is 0.491 e. The van der Waals surface area contributed by atoms with Crippen molar-refractivity contribution >= 4 is 11.6 Å². The zero-order valence-corrected chi connectivity index (χ0v) is 19.9. The first kappa shape index (κ1) is 22.9. The number of hydrogen-bond donors (Lipinski definition) is 1.